The number of hydrogen-bond acceptors (Lipinski definition) is 4. The highest BCUT2D eigenvalue weighted by atomic mass is 16.4. The summed E-state index contributed by atoms with van der Waals surface area (Å²) in [6.45, 7) is 1.71. The normalized spacial score (nSPS) is 10.2. The average Bonchev–Trinajstić information content (AvgIpc) is 2.26. The third kappa shape index (κ3) is 1.58. The van der Waals surface area contributed by atoms with Gasteiger partial charge in [0.1, 0.15) is 5.76 Å². The highest BCUT2D eigenvalue weighted by molar-refractivity contribution is 5.79. The van der Waals surface area contributed by atoms with Gasteiger partial charge in [0.05, 0.1) is 6.21 Å². The molecule has 0 bridgehead atoms. The fourth-order valence-electron chi connectivity index (χ4n) is 0.627. The van der Waals surface area contributed by atoms with Crippen molar-refractivity contribution in [3.8, 4) is 12.3 Å². The second-order valence-electron chi connectivity index (χ2n) is 1.86. The molecular formula is C7H7N3O. The van der Waals surface area contributed by atoms with Crippen molar-refractivity contribution in [1.82, 2.24) is 4.98 Å². The van der Waals surface area contributed by atoms with Crippen LogP contribution in [0.3, 0.4) is 0 Å². The zero-order chi connectivity index (χ0) is 8.27. The fraction of sp³-hybridized carbons (Fsp3) is 0.143. The van der Waals surface area contributed by atoms with Crippen molar-refractivity contribution in [2.24, 2.45) is 4.99 Å². The van der Waals surface area contributed by atoms with Crippen LogP contribution in [-0.4, -0.2) is 11.2 Å². The van der Waals surface area contributed by atoms with E-state index < -0.39 is 0 Å². The smallest absolute Gasteiger partial charge is 0.294 e. The number of aliphatic imine (C=N–C) groups is 1. The van der Waals surface area contributed by atoms with Crippen LogP contribution in [0.1, 0.15) is 5.76 Å². The zero-order valence-corrected chi connectivity index (χ0v) is 6.03. The number of oxazole rings is 1. The maximum Gasteiger partial charge on any atom is 0.294 e. The van der Waals surface area contributed by atoms with Crippen LogP contribution in [0.5, 0.6) is 0 Å². The second-order valence-corrected chi connectivity index (χ2v) is 1.86. The molecule has 0 fully saturated rings. The summed E-state index contributed by atoms with van der Waals surface area (Å²) in [6.07, 6.45) is 6.24. The quantitative estimate of drug-likeness (QED) is 0.476. The topological polar surface area (TPSA) is 64.4 Å². The van der Waals surface area contributed by atoms with Gasteiger partial charge in [-0.15, -0.1) is 6.42 Å². The first-order valence-electron chi connectivity index (χ1n) is 2.95. The molecule has 0 aliphatic carbocycles. The maximum absolute atomic E-state index is 5.25. The first kappa shape index (κ1) is 7.35. The summed E-state index contributed by atoms with van der Waals surface area (Å²) < 4.78 is 4.90. The molecule has 0 saturated carbocycles. The Hall–Kier alpha value is -1.76. The molecule has 1 aromatic heterocycles. The van der Waals surface area contributed by atoms with Crippen LogP contribution in [0, 0.1) is 19.3 Å². The van der Waals surface area contributed by atoms with E-state index in [1.807, 2.05) is 0 Å². The van der Waals surface area contributed by atoms with E-state index in [0.717, 1.165) is 0 Å². The fourth-order valence-corrected chi connectivity index (χ4v) is 0.627. The first-order valence-corrected chi connectivity index (χ1v) is 2.95. The minimum atomic E-state index is 0.103. The number of nitrogens with two attached hydrogens (primary N) is 1. The largest absolute Gasteiger partial charge is 0.427 e. The van der Waals surface area contributed by atoms with Crippen LogP contribution in [0.25, 0.3) is 0 Å². The van der Waals surface area contributed by atoms with E-state index in [1.165, 1.54) is 6.21 Å². The minimum absolute atomic E-state index is 0.103. The number of anilines is 1. The molecule has 0 saturated heterocycles. The van der Waals surface area contributed by atoms with Crippen LogP contribution < -0.4 is 5.73 Å². The van der Waals surface area contributed by atoms with Crippen molar-refractivity contribution in [2.45, 2.75) is 6.92 Å². The first-order chi connectivity index (χ1) is 5.24. The summed E-state index contributed by atoms with van der Waals surface area (Å²) in [7, 11) is 0. The van der Waals surface area contributed by atoms with Crippen LogP contribution in [-0.2, 0) is 0 Å². The SMILES string of the molecule is C#CC=Nc1nc(N)oc1C. The van der Waals surface area contributed by atoms with Crippen molar-refractivity contribution >= 4 is 18.0 Å². The van der Waals surface area contributed by atoms with E-state index in [1.54, 1.807) is 6.92 Å². The Kier molecular flexibility index (Phi) is 1.93. The molecule has 11 heavy (non-hydrogen) atoms. The molecule has 56 valence electrons. The molecule has 0 unspecified atom stereocenters. The molecule has 4 heteroatoms. The lowest BCUT2D eigenvalue weighted by molar-refractivity contribution is 0.548. The summed E-state index contributed by atoms with van der Waals surface area (Å²) >= 11 is 0. The molecule has 1 aromatic rings. The highest BCUT2D eigenvalue weighted by Crippen LogP contribution is 2.18. The third-order valence-electron chi connectivity index (χ3n) is 1.05. The number of hydrogen-bond donors (Lipinski definition) is 1. The lowest BCUT2D eigenvalue weighted by Crippen LogP contribution is -1.80. The van der Waals surface area contributed by atoms with Crippen molar-refractivity contribution in [1.29, 1.82) is 0 Å². The number of aromatic nitrogens is 1. The van der Waals surface area contributed by atoms with Crippen molar-refractivity contribution in [3.63, 3.8) is 0 Å². The van der Waals surface area contributed by atoms with Crippen LogP contribution >= 0.6 is 0 Å². The molecule has 0 amide bonds. The molecule has 0 radical (unpaired) electrons. The van der Waals surface area contributed by atoms with Crippen LogP contribution in [0.2, 0.25) is 0 Å². The van der Waals surface area contributed by atoms with Gasteiger partial charge in [-0.3, -0.25) is 0 Å². The van der Waals surface area contributed by atoms with Gasteiger partial charge in [-0.1, -0.05) is 5.92 Å². The van der Waals surface area contributed by atoms with Gasteiger partial charge >= 0.3 is 0 Å². The number of nitrogen functional groups attached to an aromatic ring is 1. The van der Waals surface area contributed by atoms with Gasteiger partial charge in [0, 0.05) is 0 Å². The van der Waals surface area contributed by atoms with Crippen molar-refractivity contribution in [2.75, 3.05) is 5.73 Å². The highest BCUT2D eigenvalue weighted by Gasteiger charge is 2.02. The Morgan fingerprint density at radius 1 is 1.82 bits per heavy atom. The Morgan fingerprint density at radius 2 is 2.55 bits per heavy atom. The summed E-state index contributed by atoms with van der Waals surface area (Å²) in [5.74, 6) is 3.23. The Labute approximate surface area is 64.1 Å². The van der Waals surface area contributed by atoms with Gasteiger partial charge in [0.15, 0.2) is 5.82 Å². The molecule has 1 rings (SSSR count). The van der Waals surface area contributed by atoms with E-state index in [2.05, 4.69) is 15.9 Å². The molecule has 1 heterocycles. The van der Waals surface area contributed by atoms with Gasteiger partial charge in [-0.05, 0) is 6.92 Å². The third-order valence-corrected chi connectivity index (χ3v) is 1.05. The maximum atomic E-state index is 5.25. The number of nitrogens with zero attached hydrogens (tertiary/aromatic N) is 2. The lowest BCUT2D eigenvalue weighted by atomic mass is 10.5. The molecule has 2 N–H and O–H groups in total. The van der Waals surface area contributed by atoms with E-state index in [0.29, 0.717) is 11.6 Å². The van der Waals surface area contributed by atoms with Crippen LogP contribution in [0.4, 0.5) is 11.8 Å². The van der Waals surface area contributed by atoms with Gasteiger partial charge in [0.25, 0.3) is 6.01 Å². The molecular weight excluding hydrogens is 142 g/mol. The van der Waals surface area contributed by atoms with Gasteiger partial charge in [-0.25, -0.2) is 4.99 Å². The van der Waals surface area contributed by atoms with Crippen LogP contribution in [0.15, 0.2) is 9.41 Å². The number of rotatable bonds is 1. The molecule has 4 nitrogen and oxygen atoms in total. The van der Waals surface area contributed by atoms with Crippen molar-refractivity contribution < 1.29 is 4.42 Å². The van der Waals surface area contributed by atoms with E-state index in [4.69, 9.17) is 16.6 Å². The average molecular weight is 149 g/mol. The van der Waals surface area contributed by atoms with Gasteiger partial charge < -0.3 is 10.2 Å². The Balaban J connectivity index is 2.96. The summed E-state index contributed by atoms with van der Waals surface area (Å²) in [5.41, 5.74) is 5.25. The summed E-state index contributed by atoms with van der Waals surface area (Å²) in [6, 6.07) is 0.103. The van der Waals surface area contributed by atoms with E-state index >= 15 is 0 Å². The summed E-state index contributed by atoms with van der Waals surface area (Å²) in [5, 5.41) is 0. The predicted octanol–water partition coefficient (Wildman–Crippen LogP) is 0.901. The van der Waals surface area contributed by atoms with Gasteiger partial charge in [-0.2, -0.15) is 4.98 Å². The van der Waals surface area contributed by atoms with Gasteiger partial charge in [0.2, 0.25) is 0 Å². The molecule has 0 aliphatic heterocycles. The predicted molar refractivity (Wildman–Crippen MR) is 42.6 cm³/mol. The molecule has 0 aliphatic rings. The molecule has 0 spiro atoms. The molecule has 0 aromatic carbocycles. The van der Waals surface area contributed by atoms with E-state index in [-0.39, 0.29) is 6.01 Å². The van der Waals surface area contributed by atoms with E-state index in [9.17, 15) is 0 Å². The second kappa shape index (κ2) is 2.88. The minimum Gasteiger partial charge on any atom is -0.427 e. The lowest BCUT2D eigenvalue weighted by Gasteiger charge is -1.80. The van der Waals surface area contributed by atoms with Crippen molar-refractivity contribution in [3.05, 3.63) is 5.76 Å². The number of terminal acetylenes is 1. The monoisotopic (exact) mass is 149 g/mol. The Morgan fingerprint density at radius 3 is 3.00 bits per heavy atom. The summed E-state index contributed by atoms with van der Waals surface area (Å²) in [4.78, 5) is 7.56. The number of aryl methyl sites for hydroxylation is 1. The standard InChI is InChI=1S/C7H7N3O/c1-3-4-9-6-5(2)11-7(8)10-6/h1,4H,2H3,(H2,8,10). The molecule has 0 atom stereocenters. The zero-order valence-electron chi connectivity index (χ0n) is 6.03. The Bertz CT molecular complexity index is 319.